The second-order valence-corrected chi connectivity index (χ2v) is 11.2. The molecule has 0 aromatic heterocycles. The molecule has 4 bridgehead atoms. The quantitative estimate of drug-likeness (QED) is 0.385. The Bertz CT molecular complexity index is 885. The van der Waals surface area contributed by atoms with Crippen molar-refractivity contribution in [3.8, 4) is 0 Å². The largest absolute Gasteiger partial charge is 0.394 e. The minimum atomic E-state index is -2.65. The van der Waals surface area contributed by atoms with Crippen molar-refractivity contribution < 1.29 is 44.8 Å². The van der Waals surface area contributed by atoms with E-state index < -0.39 is 53.6 Å². The van der Waals surface area contributed by atoms with Crippen molar-refractivity contribution in [2.24, 2.45) is 23.2 Å². The zero-order valence-corrected chi connectivity index (χ0v) is 19.2. The average molecular weight is 479 g/mol. The Morgan fingerprint density at radius 2 is 1.50 bits per heavy atom. The van der Waals surface area contributed by atoms with Crippen LogP contribution in [0.2, 0.25) is 0 Å². The molecule has 5 N–H and O–H groups in total. The Morgan fingerprint density at radius 1 is 0.912 bits per heavy atom. The number of methoxy groups -OCH3 is 1. The minimum Gasteiger partial charge on any atom is -0.394 e. The number of aliphatic hydroxyl groups excluding tert-OH is 4. The molecule has 2 unspecified atom stereocenters. The monoisotopic (exact) mass is 478 g/mol. The molecule has 0 spiro atoms. The summed E-state index contributed by atoms with van der Waals surface area (Å²) >= 11 is 0. The molecule has 6 aliphatic rings. The van der Waals surface area contributed by atoms with Gasteiger partial charge in [-0.1, -0.05) is 30.3 Å². The molecular formula is C25H34O9. The lowest BCUT2D eigenvalue weighted by molar-refractivity contribution is -0.687. The summed E-state index contributed by atoms with van der Waals surface area (Å²) in [4.78, 5) is 11.8. The van der Waals surface area contributed by atoms with Gasteiger partial charge in [0, 0.05) is 12.5 Å². The van der Waals surface area contributed by atoms with Gasteiger partial charge in [0.2, 0.25) is 0 Å². The zero-order chi connectivity index (χ0) is 23.9. The summed E-state index contributed by atoms with van der Waals surface area (Å²) in [5.74, 6) is -3.15. The second-order valence-electron chi connectivity index (χ2n) is 11.2. The van der Waals surface area contributed by atoms with E-state index in [1.807, 2.05) is 30.3 Å². The summed E-state index contributed by atoms with van der Waals surface area (Å²) in [6.45, 7) is -0.691. The predicted molar refractivity (Wildman–Crippen MR) is 116 cm³/mol. The number of benzene rings is 1. The molecule has 2 saturated heterocycles. The molecule has 34 heavy (non-hydrogen) atoms. The average Bonchev–Trinajstić information content (AvgIpc) is 2.80. The highest BCUT2D eigenvalue weighted by Gasteiger charge is 2.86. The molecule has 1 aromatic rings. The standard InChI is InChI=1S/C25H34O9/c1-31-25(24(30)21(29)20(28)19(27)18(13-26)32-24)23(33-34-25,17-5-3-2-4-6-17)22-10-14-7-15(11-22)9-16(8-14)12-22/h2-6,14-16,18-21,26-30H,7-13H2,1H3/t14?,15?,16?,18-,19+,20+,21-,22?,23?,24+,25?/m1/s1. The van der Waals surface area contributed by atoms with Gasteiger partial charge >= 0.3 is 0 Å². The van der Waals surface area contributed by atoms with Crippen LogP contribution in [-0.2, 0) is 24.8 Å². The first-order valence-electron chi connectivity index (χ1n) is 12.3. The molecule has 7 rings (SSSR count). The van der Waals surface area contributed by atoms with E-state index in [1.54, 1.807) is 0 Å². The summed E-state index contributed by atoms with van der Waals surface area (Å²) in [5.41, 5.74) is -1.11. The van der Waals surface area contributed by atoms with Crippen molar-refractivity contribution in [3.63, 3.8) is 0 Å². The maximum atomic E-state index is 12.0. The van der Waals surface area contributed by atoms with Crippen LogP contribution in [0.3, 0.4) is 0 Å². The molecule has 2 heterocycles. The fraction of sp³-hybridized carbons (Fsp3) is 0.760. The molecular weight excluding hydrogens is 444 g/mol. The Kier molecular flexibility index (Phi) is 5.26. The molecule has 1 aromatic carbocycles. The Balaban J connectivity index is 1.55. The molecule has 9 nitrogen and oxygen atoms in total. The third-order valence-electron chi connectivity index (χ3n) is 9.44. The fourth-order valence-corrected chi connectivity index (χ4v) is 8.46. The van der Waals surface area contributed by atoms with Gasteiger partial charge in [0.1, 0.15) is 24.4 Å². The maximum absolute atomic E-state index is 12.0. The van der Waals surface area contributed by atoms with Crippen LogP contribution < -0.4 is 0 Å². The van der Waals surface area contributed by atoms with Crippen LogP contribution in [0.15, 0.2) is 30.3 Å². The third kappa shape index (κ3) is 2.65. The van der Waals surface area contributed by atoms with Crippen LogP contribution in [0.1, 0.15) is 44.1 Å². The first-order chi connectivity index (χ1) is 16.3. The van der Waals surface area contributed by atoms with E-state index in [1.165, 1.54) is 26.4 Å². The van der Waals surface area contributed by atoms with Crippen LogP contribution in [-0.4, -0.2) is 75.2 Å². The lowest BCUT2D eigenvalue weighted by atomic mass is 9.42. The van der Waals surface area contributed by atoms with Crippen molar-refractivity contribution in [2.45, 2.75) is 80.1 Å². The van der Waals surface area contributed by atoms with E-state index in [9.17, 15) is 25.5 Å². The molecule has 7 atom stereocenters. The molecule has 9 heteroatoms. The van der Waals surface area contributed by atoms with Gasteiger partial charge in [0.15, 0.2) is 5.60 Å². The molecule has 4 aliphatic carbocycles. The second kappa shape index (κ2) is 7.68. The zero-order valence-electron chi connectivity index (χ0n) is 19.2. The lowest BCUT2D eigenvalue weighted by Gasteiger charge is -2.72. The van der Waals surface area contributed by atoms with Gasteiger partial charge in [0.05, 0.1) is 6.61 Å². The smallest absolute Gasteiger partial charge is 0.295 e. The highest BCUT2D eigenvalue weighted by molar-refractivity contribution is 5.35. The first kappa shape index (κ1) is 23.3. The molecule has 0 amide bonds. The summed E-state index contributed by atoms with van der Waals surface area (Å²) in [6.07, 6.45) is -0.715. The first-order valence-corrected chi connectivity index (χ1v) is 12.3. The normalized spacial score (nSPS) is 54.1. The topological polar surface area (TPSA) is 138 Å². The number of ether oxygens (including phenoxy) is 2. The van der Waals surface area contributed by atoms with E-state index in [4.69, 9.17) is 19.2 Å². The van der Waals surface area contributed by atoms with Gasteiger partial charge in [-0.05, 0) is 61.8 Å². The molecule has 6 fully saturated rings. The van der Waals surface area contributed by atoms with Crippen molar-refractivity contribution in [3.05, 3.63) is 35.9 Å². The lowest BCUT2D eigenvalue weighted by Crippen LogP contribution is -2.87. The summed E-state index contributed by atoms with van der Waals surface area (Å²) < 4.78 is 11.7. The number of hydrogen-bond donors (Lipinski definition) is 5. The van der Waals surface area contributed by atoms with Crippen LogP contribution in [0.5, 0.6) is 0 Å². The van der Waals surface area contributed by atoms with Crippen LogP contribution >= 0.6 is 0 Å². The predicted octanol–water partition coefficient (Wildman–Crippen LogP) is 0.565. The van der Waals surface area contributed by atoms with Crippen molar-refractivity contribution >= 4 is 0 Å². The molecule has 2 aliphatic heterocycles. The van der Waals surface area contributed by atoms with E-state index in [0.29, 0.717) is 17.8 Å². The number of aliphatic hydroxyl groups is 5. The van der Waals surface area contributed by atoms with E-state index in [0.717, 1.165) is 24.8 Å². The molecule has 0 radical (unpaired) electrons. The Morgan fingerprint density at radius 3 is 1.97 bits per heavy atom. The van der Waals surface area contributed by atoms with Gasteiger partial charge in [-0.15, -0.1) is 0 Å². The van der Waals surface area contributed by atoms with Crippen LogP contribution in [0.25, 0.3) is 0 Å². The number of hydrogen-bond acceptors (Lipinski definition) is 9. The van der Waals surface area contributed by atoms with E-state index >= 15 is 0 Å². The van der Waals surface area contributed by atoms with Crippen LogP contribution in [0, 0.1) is 23.2 Å². The molecule has 4 saturated carbocycles. The highest BCUT2D eigenvalue weighted by atomic mass is 17.3. The maximum Gasteiger partial charge on any atom is 0.295 e. The van der Waals surface area contributed by atoms with Crippen molar-refractivity contribution in [1.82, 2.24) is 0 Å². The van der Waals surface area contributed by atoms with Gasteiger partial charge < -0.3 is 35.0 Å². The van der Waals surface area contributed by atoms with Gasteiger partial charge in [-0.25, -0.2) is 4.89 Å². The van der Waals surface area contributed by atoms with E-state index in [2.05, 4.69) is 0 Å². The third-order valence-corrected chi connectivity index (χ3v) is 9.44. The van der Waals surface area contributed by atoms with Gasteiger partial charge in [-0.3, -0.25) is 0 Å². The Hall–Kier alpha value is -1.14. The fourth-order valence-electron chi connectivity index (χ4n) is 8.46. The van der Waals surface area contributed by atoms with Crippen molar-refractivity contribution in [1.29, 1.82) is 0 Å². The summed E-state index contributed by atoms with van der Waals surface area (Å²) in [7, 11) is 1.35. The SMILES string of the molecule is COC1([C@@]2(O)O[C@H](CO)[C@H](O)[C@H](O)[C@H]2O)OOC1(c1ccccc1)C12CC3CC(CC(C3)C1)C2. The molecule has 188 valence electrons. The Labute approximate surface area is 198 Å². The summed E-state index contributed by atoms with van der Waals surface area (Å²) in [6, 6.07) is 9.41. The van der Waals surface area contributed by atoms with Crippen molar-refractivity contribution in [2.75, 3.05) is 13.7 Å². The minimum absolute atomic E-state index is 0.466. The highest BCUT2D eigenvalue weighted by Crippen LogP contribution is 2.74. The van der Waals surface area contributed by atoms with E-state index in [-0.39, 0.29) is 0 Å². The summed E-state index contributed by atoms with van der Waals surface area (Å²) in [5, 5.41) is 53.9. The van der Waals surface area contributed by atoms with Gasteiger partial charge in [0.25, 0.3) is 11.6 Å². The van der Waals surface area contributed by atoms with Crippen LogP contribution in [0.4, 0.5) is 0 Å². The number of rotatable bonds is 5. The van der Waals surface area contributed by atoms with Gasteiger partial charge in [-0.2, -0.15) is 4.89 Å².